The van der Waals surface area contributed by atoms with Crippen molar-refractivity contribution >= 4 is 17.7 Å². The van der Waals surface area contributed by atoms with Gasteiger partial charge in [-0.2, -0.15) is 0 Å². The van der Waals surface area contributed by atoms with Crippen molar-refractivity contribution in [2.45, 2.75) is 37.6 Å². The van der Waals surface area contributed by atoms with Crippen LogP contribution in [-0.2, 0) is 4.79 Å². The van der Waals surface area contributed by atoms with Crippen LogP contribution in [0.2, 0.25) is 0 Å². The first kappa shape index (κ1) is 16.1. The summed E-state index contributed by atoms with van der Waals surface area (Å²) in [5.41, 5.74) is 0. The van der Waals surface area contributed by atoms with Gasteiger partial charge in [0, 0.05) is 23.2 Å². The second-order valence-electron chi connectivity index (χ2n) is 4.42. The van der Waals surface area contributed by atoms with Crippen molar-refractivity contribution in [1.29, 1.82) is 0 Å². The van der Waals surface area contributed by atoms with Crippen molar-refractivity contribution in [2.75, 3.05) is 18.8 Å². The van der Waals surface area contributed by atoms with E-state index in [1.165, 1.54) is 4.90 Å². The molecule has 0 aliphatic rings. The zero-order chi connectivity index (χ0) is 13.9. The molecule has 0 radical (unpaired) electrons. The number of hydrogen-bond donors (Lipinski definition) is 2. The third-order valence-electron chi connectivity index (χ3n) is 2.93. The number of nitrogens with one attached hydrogen (secondary N) is 2. The van der Waals surface area contributed by atoms with Crippen molar-refractivity contribution < 1.29 is 4.79 Å². The van der Waals surface area contributed by atoms with Crippen molar-refractivity contribution in [3.63, 3.8) is 0 Å². The van der Waals surface area contributed by atoms with Gasteiger partial charge in [0.1, 0.15) is 0 Å². The number of rotatable bonds is 9. The minimum Gasteiger partial charge on any atom is -0.352 e. The molecule has 0 aliphatic heterocycles. The summed E-state index contributed by atoms with van der Waals surface area (Å²) < 4.78 is 0. The molecular formula is C15H24N2OS. The number of benzene rings is 1. The highest BCUT2D eigenvalue weighted by atomic mass is 32.2. The molecule has 2 N–H and O–H groups in total. The van der Waals surface area contributed by atoms with Crippen molar-refractivity contribution in [1.82, 2.24) is 10.6 Å². The summed E-state index contributed by atoms with van der Waals surface area (Å²) in [5, 5.41) is 6.19. The Morgan fingerprint density at radius 2 is 1.89 bits per heavy atom. The number of amides is 1. The van der Waals surface area contributed by atoms with E-state index < -0.39 is 0 Å². The van der Waals surface area contributed by atoms with Gasteiger partial charge >= 0.3 is 0 Å². The molecule has 0 aliphatic carbocycles. The topological polar surface area (TPSA) is 41.1 Å². The third-order valence-corrected chi connectivity index (χ3v) is 3.94. The smallest absolute Gasteiger partial charge is 0.234 e. The van der Waals surface area contributed by atoms with Gasteiger partial charge in [-0.3, -0.25) is 4.79 Å². The van der Waals surface area contributed by atoms with Crippen LogP contribution in [0.5, 0.6) is 0 Å². The minimum atomic E-state index is 0.0958. The molecule has 3 nitrogen and oxygen atoms in total. The lowest BCUT2D eigenvalue weighted by Crippen LogP contribution is -2.40. The standard InChI is InChI=1S/C15H24N2OS/c1-3-13(4-2)17-15(18)12-16-10-11-19-14-8-6-5-7-9-14/h5-9,13,16H,3-4,10-12H2,1-2H3,(H,17,18). The summed E-state index contributed by atoms with van der Waals surface area (Å²) in [5.74, 6) is 1.07. The summed E-state index contributed by atoms with van der Waals surface area (Å²) in [6.45, 7) is 5.44. The van der Waals surface area contributed by atoms with Gasteiger partial charge in [-0.15, -0.1) is 11.8 Å². The Balaban J connectivity index is 2.06. The van der Waals surface area contributed by atoms with Crippen LogP contribution in [0.4, 0.5) is 0 Å². The molecule has 0 fully saturated rings. The predicted molar refractivity (Wildman–Crippen MR) is 82.5 cm³/mol. The third kappa shape index (κ3) is 7.23. The Morgan fingerprint density at radius 1 is 1.21 bits per heavy atom. The monoisotopic (exact) mass is 280 g/mol. The van der Waals surface area contributed by atoms with Crippen LogP contribution in [-0.4, -0.2) is 30.8 Å². The molecule has 4 heteroatoms. The summed E-state index contributed by atoms with van der Waals surface area (Å²) in [6.07, 6.45) is 1.98. The van der Waals surface area contributed by atoms with Crippen LogP contribution in [0.15, 0.2) is 35.2 Å². The molecule has 0 unspecified atom stereocenters. The highest BCUT2D eigenvalue weighted by molar-refractivity contribution is 7.99. The molecule has 1 aromatic carbocycles. The van der Waals surface area contributed by atoms with E-state index in [0.717, 1.165) is 25.1 Å². The van der Waals surface area contributed by atoms with Crippen molar-refractivity contribution in [3.8, 4) is 0 Å². The SMILES string of the molecule is CCC(CC)NC(=O)CNCCSc1ccccc1. The Morgan fingerprint density at radius 3 is 2.53 bits per heavy atom. The second kappa shape index (κ2) is 9.87. The van der Waals surface area contributed by atoms with Crippen molar-refractivity contribution in [3.05, 3.63) is 30.3 Å². The van der Waals surface area contributed by atoms with Crippen LogP contribution < -0.4 is 10.6 Å². The van der Waals surface area contributed by atoms with E-state index in [0.29, 0.717) is 12.6 Å². The van der Waals surface area contributed by atoms with E-state index in [4.69, 9.17) is 0 Å². The Hall–Kier alpha value is -1.00. The first-order chi connectivity index (χ1) is 9.26. The normalized spacial score (nSPS) is 10.7. The van der Waals surface area contributed by atoms with Crippen molar-refractivity contribution in [2.24, 2.45) is 0 Å². The van der Waals surface area contributed by atoms with E-state index in [2.05, 4.69) is 36.6 Å². The lowest BCUT2D eigenvalue weighted by atomic mass is 10.2. The number of hydrogen-bond acceptors (Lipinski definition) is 3. The molecule has 0 saturated heterocycles. The Labute approximate surface area is 120 Å². The molecular weight excluding hydrogens is 256 g/mol. The average Bonchev–Trinajstić information content (AvgIpc) is 2.45. The zero-order valence-corrected chi connectivity index (χ0v) is 12.6. The van der Waals surface area contributed by atoms with Crippen LogP contribution in [0.3, 0.4) is 0 Å². The van der Waals surface area contributed by atoms with Crippen LogP contribution in [0.1, 0.15) is 26.7 Å². The van der Waals surface area contributed by atoms with Gasteiger partial charge in [-0.1, -0.05) is 32.0 Å². The largest absolute Gasteiger partial charge is 0.352 e. The van der Waals surface area contributed by atoms with Gasteiger partial charge in [0.2, 0.25) is 5.91 Å². The molecule has 1 amide bonds. The van der Waals surface area contributed by atoms with E-state index >= 15 is 0 Å². The molecule has 1 aromatic rings. The maximum absolute atomic E-state index is 11.6. The first-order valence-corrected chi connectivity index (χ1v) is 7.92. The van der Waals surface area contributed by atoms with Gasteiger partial charge in [-0.05, 0) is 25.0 Å². The zero-order valence-electron chi connectivity index (χ0n) is 11.8. The van der Waals surface area contributed by atoms with Crippen LogP contribution >= 0.6 is 11.8 Å². The number of thioether (sulfide) groups is 1. The predicted octanol–water partition coefficient (Wildman–Crippen LogP) is 2.67. The molecule has 106 valence electrons. The fourth-order valence-electron chi connectivity index (χ4n) is 1.73. The lowest BCUT2D eigenvalue weighted by Gasteiger charge is -2.14. The molecule has 0 atom stereocenters. The van der Waals surface area contributed by atoms with E-state index in [9.17, 15) is 4.79 Å². The summed E-state index contributed by atoms with van der Waals surface area (Å²) in [4.78, 5) is 12.9. The maximum atomic E-state index is 11.6. The van der Waals surface area contributed by atoms with E-state index in [1.807, 2.05) is 18.2 Å². The van der Waals surface area contributed by atoms with Gasteiger partial charge < -0.3 is 10.6 Å². The van der Waals surface area contributed by atoms with E-state index in [1.54, 1.807) is 11.8 Å². The fraction of sp³-hybridized carbons (Fsp3) is 0.533. The quantitative estimate of drug-likeness (QED) is 0.540. The number of carbonyl (C=O) groups excluding carboxylic acids is 1. The number of carbonyl (C=O) groups is 1. The highest BCUT2D eigenvalue weighted by Crippen LogP contribution is 2.15. The molecule has 0 heterocycles. The molecule has 0 bridgehead atoms. The molecule has 0 aromatic heterocycles. The van der Waals surface area contributed by atoms with Crippen LogP contribution in [0, 0.1) is 0 Å². The Bertz CT molecular complexity index is 352. The molecule has 19 heavy (non-hydrogen) atoms. The van der Waals surface area contributed by atoms with Gasteiger partial charge in [-0.25, -0.2) is 0 Å². The maximum Gasteiger partial charge on any atom is 0.234 e. The van der Waals surface area contributed by atoms with E-state index in [-0.39, 0.29) is 5.91 Å². The van der Waals surface area contributed by atoms with Gasteiger partial charge in [0.25, 0.3) is 0 Å². The van der Waals surface area contributed by atoms with Gasteiger partial charge in [0.05, 0.1) is 6.54 Å². The van der Waals surface area contributed by atoms with Gasteiger partial charge in [0.15, 0.2) is 0 Å². The fourth-order valence-corrected chi connectivity index (χ4v) is 2.56. The molecule has 0 spiro atoms. The molecule has 0 saturated carbocycles. The molecule has 1 rings (SSSR count). The first-order valence-electron chi connectivity index (χ1n) is 6.94. The summed E-state index contributed by atoms with van der Waals surface area (Å²) in [6, 6.07) is 10.6. The summed E-state index contributed by atoms with van der Waals surface area (Å²) >= 11 is 1.80. The van der Waals surface area contributed by atoms with Crippen LogP contribution in [0.25, 0.3) is 0 Å². The highest BCUT2D eigenvalue weighted by Gasteiger charge is 2.07. The lowest BCUT2D eigenvalue weighted by molar-refractivity contribution is -0.120. The second-order valence-corrected chi connectivity index (χ2v) is 5.59. The summed E-state index contributed by atoms with van der Waals surface area (Å²) in [7, 11) is 0. The minimum absolute atomic E-state index is 0.0958. The average molecular weight is 280 g/mol. The Kier molecular flexibility index (Phi) is 8.34.